The van der Waals surface area contributed by atoms with Crippen LogP contribution < -0.4 is 10.3 Å². The van der Waals surface area contributed by atoms with Gasteiger partial charge in [0, 0.05) is 22.4 Å². The number of thiol groups is 1. The van der Waals surface area contributed by atoms with Crippen molar-refractivity contribution >= 4 is 41.7 Å². The number of unbranched alkanes of at least 4 members (excludes halogenated alkanes) is 10. The lowest BCUT2D eigenvalue weighted by molar-refractivity contribution is 0.551. The molecule has 156 valence electrons. The van der Waals surface area contributed by atoms with E-state index in [0.29, 0.717) is 0 Å². The second-order valence-electron chi connectivity index (χ2n) is 7.81. The number of hydrazone groups is 1. The Bertz CT molecular complexity index is 630. The highest BCUT2D eigenvalue weighted by Crippen LogP contribution is 2.29. The minimum absolute atomic E-state index is 0.0495. The van der Waals surface area contributed by atoms with Gasteiger partial charge in [0.1, 0.15) is 12.0 Å². The molecule has 0 bridgehead atoms. The Kier molecular flexibility index (Phi) is 10.9. The van der Waals surface area contributed by atoms with E-state index >= 15 is 0 Å². The first-order chi connectivity index (χ1) is 13.7. The van der Waals surface area contributed by atoms with Gasteiger partial charge in [-0.15, -0.1) is 12.6 Å². The molecule has 0 aliphatic carbocycles. The van der Waals surface area contributed by atoms with E-state index in [4.69, 9.17) is 12.2 Å². The van der Waals surface area contributed by atoms with Gasteiger partial charge in [-0.3, -0.25) is 5.43 Å². The number of hydrogen-bond acceptors (Lipinski definition) is 5. The number of nitrogens with one attached hydrogen (secondary N) is 1. The first-order valence-electron chi connectivity index (χ1n) is 11.0. The van der Waals surface area contributed by atoms with Crippen LogP contribution in [0.5, 0.6) is 0 Å². The molecule has 0 amide bonds. The summed E-state index contributed by atoms with van der Waals surface area (Å²) < 4.78 is 0. The molecule has 2 rings (SSSR count). The fourth-order valence-corrected chi connectivity index (χ4v) is 4.17. The van der Waals surface area contributed by atoms with E-state index in [2.05, 4.69) is 48.0 Å². The normalized spacial score (nSPS) is 16.2. The second kappa shape index (κ2) is 13.2. The summed E-state index contributed by atoms with van der Waals surface area (Å²) in [6.07, 6.45) is 15.9. The van der Waals surface area contributed by atoms with Gasteiger partial charge in [-0.2, -0.15) is 5.10 Å². The summed E-state index contributed by atoms with van der Waals surface area (Å²) in [4.78, 5) is 3.24. The van der Waals surface area contributed by atoms with Gasteiger partial charge in [-0.25, -0.2) is 0 Å². The lowest BCUT2D eigenvalue weighted by Crippen LogP contribution is -2.41. The second-order valence-corrected chi connectivity index (χ2v) is 8.57. The van der Waals surface area contributed by atoms with Crippen molar-refractivity contribution in [3.05, 3.63) is 23.8 Å². The lowest BCUT2D eigenvalue weighted by Gasteiger charge is -2.26. The smallest absolute Gasteiger partial charge is 0.150 e. The average Bonchev–Trinajstić information content (AvgIpc) is 3.11. The first-order valence-corrected chi connectivity index (χ1v) is 12.0. The number of hydrogen-bond donors (Lipinski definition) is 2. The van der Waals surface area contributed by atoms with Crippen molar-refractivity contribution in [3.63, 3.8) is 0 Å². The molecule has 0 saturated carbocycles. The zero-order valence-corrected chi connectivity index (χ0v) is 19.3. The van der Waals surface area contributed by atoms with Crippen LogP contribution in [0.1, 0.15) is 89.5 Å². The van der Waals surface area contributed by atoms with Gasteiger partial charge < -0.3 is 4.90 Å². The topological polar surface area (TPSA) is 27.6 Å². The molecular formula is C23H37N3S2. The number of amidine groups is 1. The largest absolute Gasteiger partial charge is 0.301 e. The molecule has 0 fully saturated rings. The van der Waals surface area contributed by atoms with Gasteiger partial charge in [0.05, 0.1) is 0 Å². The van der Waals surface area contributed by atoms with Crippen LogP contribution in [-0.4, -0.2) is 17.4 Å². The van der Waals surface area contributed by atoms with Gasteiger partial charge >= 0.3 is 0 Å². The highest BCUT2D eigenvalue weighted by atomic mass is 32.1. The highest BCUT2D eigenvalue weighted by molar-refractivity contribution is 7.80. The number of anilines is 1. The van der Waals surface area contributed by atoms with E-state index in [1.54, 1.807) is 5.37 Å². The molecule has 0 radical (unpaired) electrons. The van der Waals surface area contributed by atoms with Gasteiger partial charge in [-0.05, 0) is 31.0 Å². The van der Waals surface area contributed by atoms with Crippen LogP contribution in [0.4, 0.5) is 5.69 Å². The van der Waals surface area contributed by atoms with E-state index < -0.39 is 0 Å². The van der Waals surface area contributed by atoms with Gasteiger partial charge in [0.15, 0.2) is 0 Å². The van der Waals surface area contributed by atoms with Crippen molar-refractivity contribution in [1.82, 2.24) is 5.43 Å². The van der Waals surface area contributed by atoms with E-state index in [9.17, 15) is 0 Å². The Morgan fingerprint density at radius 2 is 1.64 bits per heavy atom. The number of rotatable bonds is 14. The van der Waals surface area contributed by atoms with Crippen LogP contribution >= 0.6 is 24.8 Å². The van der Waals surface area contributed by atoms with Crippen molar-refractivity contribution in [2.24, 2.45) is 5.10 Å². The average molecular weight is 420 g/mol. The van der Waals surface area contributed by atoms with Gasteiger partial charge in [0.2, 0.25) is 0 Å². The van der Waals surface area contributed by atoms with Gasteiger partial charge in [0.25, 0.3) is 0 Å². The molecule has 0 spiro atoms. The maximum atomic E-state index is 5.22. The predicted molar refractivity (Wildman–Crippen MR) is 130 cm³/mol. The van der Waals surface area contributed by atoms with Crippen LogP contribution in [0.15, 0.2) is 28.2 Å². The van der Waals surface area contributed by atoms with Crippen molar-refractivity contribution in [2.75, 3.05) is 4.90 Å². The van der Waals surface area contributed by atoms with Crippen LogP contribution in [0.25, 0.3) is 0 Å². The van der Waals surface area contributed by atoms with Crippen LogP contribution in [0, 0.1) is 6.92 Å². The van der Waals surface area contributed by atoms with Crippen molar-refractivity contribution < 1.29 is 0 Å². The molecule has 28 heavy (non-hydrogen) atoms. The van der Waals surface area contributed by atoms with Crippen molar-refractivity contribution in [3.8, 4) is 0 Å². The third kappa shape index (κ3) is 7.07. The summed E-state index contributed by atoms with van der Waals surface area (Å²) in [5.74, 6) is 1.09. The lowest BCUT2D eigenvalue weighted by atomic mass is 10.0. The molecule has 1 aromatic carbocycles. The number of nitrogens with zero attached hydrogens (tertiary/aromatic N) is 2. The molecule has 3 nitrogen and oxygen atoms in total. The Morgan fingerprint density at radius 3 is 2.25 bits per heavy atom. The SMILES string of the molecule is CCCCCCCCCCCCCC1=NNC(C=S)N1c1cccc(S)c1C. The summed E-state index contributed by atoms with van der Waals surface area (Å²) in [6, 6.07) is 6.20. The summed E-state index contributed by atoms with van der Waals surface area (Å²) >= 11 is 9.80. The van der Waals surface area contributed by atoms with Crippen molar-refractivity contribution in [1.29, 1.82) is 0 Å². The summed E-state index contributed by atoms with van der Waals surface area (Å²) in [5, 5.41) is 6.32. The van der Waals surface area contributed by atoms with Crippen LogP contribution in [0.3, 0.4) is 0 Å². The zero-order valence-electron chi connectivity index (χ0n) is 17.6. The minimum atomic E-state index is -0.0495. The predicted octanol–water partition coefficient (Wildman–Crippen LogP) is 7.03. The Morgan fingerprint density at radius 1 is 1.04 bits per heavy atom. The van der Waals surface area contributed by atoms with E-state index in [-0.39, 0.29) is 6.17 Å². The fraction of sp³-hybridized carbons (Fsp3) is 0.652. The molecule has 1 aliphatic rings. The molecule has 5 heteroatoms. The van der Waals surface area contributed by atoms with E-state index in [0.717, 1.165) is 22.8 Å². The van der Waals surface area contributed by atoms with Crippen LogP contribution in [-0.2, 0) is 0 Å². The molecule has 1 aliphatic heterocycles. The Balaban J connectivity index is 1.70. The van der Waals surface area contributed by atoms with Crippen LogP contribution in [0.2, 0.25) is 0 Å². The minimum Gasteiger partial charge on any atom is -0.301 e. The van der Waals surface area contributed by atoms with Crippen molar-refractivity contribution in [2.45, 2.75) is 102 Å². The molecule has 1 atom stereocenters. The quantitative estimate of drug-likeness (QED) is 0.192. The Labute approximate surface area is 182 Å². The summed E-state index contributed by atoms with van der Waals surface area (Å²) in [5.41, 5.74) is 5.48. The molecule has 1 heterocycles. The summed E-state index contributed by atoms with van der Waals surface area (Å²) in [6.45, 7) is 4.39. The molecule has 1 unspecified atom stereocenters. The maximum Gasteiger partial charge on any atom is 0.150 e. The molecule has 0 aromatic heterocycles. The molecule has 1 N–H and O–H groups in total. The monoisotopic (exact) mass is 419 g/mol. The summed E-state index contributed by atoms with van der Waals surface area (Å²) in [7, 11) is 0. The zero-order chi connectivity index (χ0) is 20.2. The highest BCUT2D eigenvalue weighted by Gasteiger charge is 2.28. The Hall–Kier alpha value is -1.07. The fourth-order valence-electron chi connectivity index (χ4n) is 3.79. The van der Waals surface area contributed by atoms with Gasteiger partial charge in [-0.1, -0.05) is 89.4 Å². The molecule has 0 saturated heterocycles. The van der Waals surface area contributed by atoms with E-state index in [1.807, 2.05) is 12.1 Å². The molecular weight excluding hydrogens is 382 g/mol. The third-order valence-electron chi connectivity index (χ3n) is 5.55. The van der Waals surface area contributed by atoms with E-state index in [1.165, 1.54) is 76.2 Å². The third-order valence-corrected chi connectivity index (χ3v) is 6.29. The number of benzene rings is 1. The standard InChI is InChI=1S/C23H37N3S2/c1-3-4-5-6-7-8-9-10-11-12-13-17-22-24-25-23(18-27)26(22)20-15-14-16-21(28)19(20)2/h14-16,18,23,25,28H,3-13,17H2,1-2H3. The number of thiocarbonyl (C=S) groups is 1. The maximum absolute atomic E-state index is 5.22. The molecule has 1 aromatic rings. The first kappa shape index (κ1) is 23.2.